The predicted octanol–water partition coefficient (Wildman–Crippen LogP) is 4.61. The molecule has 2 aromatic carbocycles. The number of urea groups is 1. The summed E-state index contributed by atoms with van der Waals surface area (Å²) in [7, 11) is 0. The van der Waals surface area contributed by atoms with Crippen LogP contribution in [-0.2, 0) is 17.8 Å². The van der Waals surface area contributed by atoms with Crippen molar-refractivity contribution in [2.45, 2.75) is 19.3 Å². The average Bonchev–Trinajstić information content (AvgIpc) is 3.49. The normalized spacial score (nSPS) is 12.8. The third-order valence-corrected chi connectivity index (χ3v) is 6.27. The van der Waals surface area contributed by atoms with Gasteiger partial charge in [0.05, 0.1) is 16.8 Å². The summed E-state index contributed by atoms with van der Waals surface area (Å²) in [5, 5.41) is 10.5. The summed E-state index contributed by atoms with van der Waals surface area (Å²) in [6, 6.07) is 14.9. The zero-order valence-corrected chi connectivity index (χ0v) is 21.3. The van der Waals surface area contributed by atoms with E-state index in [1.165, 1.54) is 35.7 Å². The molecule has 0 unspecified atom stereocenters. The van der Waals surface area contributed by atoms with Crippen LogP contribution in [0.5, 0.6) is 11.5 Å². The maximum Gasteiger partial charge on any atom is 0.586 e. The molecule has 4 amide bonds. The highest BCUT2D eigenvalue weighted by atomic mass is 32.1. The van der Waals surface area contributed by atoms with Crippen LogP contribution >= 0.6 is 11.3 Å². The molecule has 1 aliphatic heterocycles. The van der Waals surface area contributed by atoms with Gasteiger partial charge in [0.15, 0.2) is 11.5 Å². The summed E-state index contributed by atoms with van der Waals surface area (Å²) in [5.41, 5.74) is 2.95. The molecule has 0 spiro atoms. The lowest BCUT2D eigenvalue weighted by atomic mass is 10.2. The number of thiazole rings is 1. The van der Waals surface area contributed by atoms with Crippen molar-refractivity contribution < 1.29 is 32.6 Å². The van der Waals surface area contributed by atoms with E-state index < -0.39 is 18.2 Å². The van der Waals surface area contributed by atoms with Gasteiger partial charge in [0.1, 0.15) is 11.6 Å². The highest BCUT2D eigenvalue weighted by Gasteiger charge is 2.43. The molecule has 11 nitrogen and oxygen atoms in total. The Kier molecular flexibility index (Phi) is 7.50. The fourth-order valence-corrected chi connectivity index (χ4v) is 4.40. The van der Waals surface area contributed by atoms with Gasteiger partial charge in [-0.25, -0.2) is 14.8 Å². The van der Waals surface area contributed by atoms with E-state index in [1.54, 1.807) is 48.0 Å². The molecule has 0 fully saturated rings. The van der Waals surface area contributed by atoms with E-state index in [-0.39, 0.29) is 35.3 Å². The Bertz CT molecular complexity index is 1570. The first-order valence-electron chi connectivity index (χ1n) is 11.7. The quantitative estimate of drug-likeness (QED) is 0.242. The van der Waals surface area contributed by atoms with Crippen molar-refractivity contribution in [2.24, 2.45) is 0 Å². The number of fused-ring (bicyclic) bond motifs is 1. The highest BCUT2D eigenvalue weighted by molar-refractivity contribution is 7.10. The molecule has 204 valence electrons. The molecule has 0 atom stereocenters. The molecule has 5 rings (SSSR count). The number of carbonyl (C=O) groups excluding carboxylic acids is 3. The molecular weight excluding hydrogens is 546 g/mol. The van der Waals surface area contributed by atoms with Crippen LogP contribution in [0.2, 0.25) is 0 Å². The van der Waals surface area contributed by atoms with Gasteiger partial charge in [0.25, 0.3) is 5.91 Å². The first-order chi connectivity index (χ1) is 19.2. The fourth-order valence-electron chi connectivity index (χ4n) is 3.67. The number of anilines is 3. The summed E-state index contributed by atoms with van der Waals surface area (Å²) in [4.78, 5) is 46.0. The molecule has 0 radical (unpaired) electrons. The lowest BCUT2D eigenvalue weighted by Gasteiger charge is -2.10. The van der Waals surface area contributed by atoms with Crippen LogP contribution in [0, 0.1) is 0 Å². The fraction of sp³-hybridized carbons (Fsp3) is 0.115. The minimum absolute atomic E-state index is 0.0175. The number of amides is 4. The summed E-state index contributed by atoms with van der Waals surface area (Å²) >= 11 is 1.27. The van der Waals surface area contributed by atoms with Gasteiger partial charge in [-0.1, -0.05) is 18.2 Å². The Morgan fingerprint density at radius 2 is 1.73 bits per heavy atom. The van der Waals surface area contributed by atoms with Crippen molar-refractivity contribution in [3.8, 4) is 11.5 Å². The Morgan fingerprint density at radius 3 is 2.55 bits per heavy atom. The van der Waals surface area contributed by atoms with Gasteiger partial charge < -0.3 is 20.1 Å². The molecule has 4 aromatic rings. The van der Waals surface area contributed by atoms with E-state index in [9.17, 15) is 23.2 Å². The Balaban J connectivity index is 1.13. The van der Waals surface area contributed by atoms with Crippen LogP contribution in [-0.4, -0.2) is 34.1 Å². The minimum atomic E-state index is -3.74. The number of nitrogens with one attached hydrogen (secondary N) is 4. The molecule has 0 saturated heterocycles. The topological polar surface area (TPSA) is 144 Å². The molecule has 1 aliphatic rings. The first-order valence-corrected chi connectivity index (χ1v) is 12.6. The number of rotatable bonds is 8. The van der Waals surface area contributed by atoms with Crippen LogP contribution in [0.25, 0.3) is 0 Å². The number of aromatic nitrogens is 2. The molecule has 2 aromatic heterocycles. The number of alkyl halides is 2. The summed E-state index contributed by atoms with van der Waals surface area (Å²) in [6.07, 6.45) is -2.26. The lowest BCUT2D eigenvalue weighted by molar-refractivity contribution is -0.286. The van der Waals surface area contributed by atoms with Crippen molar-refractivity contribution in [1.29, 1.82) is 0 Å². The van der Waals surface area contributed by atoms with Crippen molar-refractivity contribution in [1.82, 2.24) is 15.3 Å². The zero-order chi connectivity index (χ0) is 28.1. The molecule has 0 bridgehead atoms. The van der Waals surface area contributed by atoms with Gasteiger partial charge in [0, 0.05) is 30.1 Å². The number of benzene rings is 2. The molecular formula is C26H20F2N6O5S. The largest absolute Gasteiger partial charge is 0.586 e. The van der Waals surface area contributed by atoms with E-state index in [0.717, 1.165) is 5.56 Å². The molecule has 0 saturated carbocycles. The van der Waals surface area contributed by atoms with E-state index in [2.05, 4.69) is 40.7 Å². The minimum Gasteiger partial charge on any atom is -0.395 e. The number of pyridine rings is 1. The molecule has 0 aliphatic carbocycles. The number of hydrogen-bond donors (Lipinski definition) is 4. The SMILES string of the molecule is O=C(Cc1scnc1NCc1ccnc(NC(=O)NC(=O)c2ccccc2)c1)Nc1ccc2c(c1)OC(F)(F)O2. The van der Waals surface area contributed by atoms with Crippen LogP contribution in [0.4, 0.5) is 30.9 Å². The lowest BCUT2D eigenvalue weighted by Crippen LogP contribution is -2.34. The Morgan fingerprint density at radius 1 is 0.925 bits per heavy atom. The van der Waals surface area contributed by atoms with Gasteiger partial charge in [-0.3, -0.25) is 20.2 Å². The highest BCUT2D eigenvalue weighted by Crippen LogP contribution is 2.42. The van der Waals surface area contributed by atoms with Crippen LogP contribution in [0.15, 0.2) is 72.4 Å². The van der Waals surface area contributed by atoms with Gasteiger partial charge in [-0.05, 0) is 42.0 Å². The first kappa shape index (κ1) is 26.5. The summed E-state index contributed by atoms with van der Waals surface area (Å²) in [6.45, 7) is 0.302. The standard InChI is InChI=1S/C26H20F2N6O5S/c27-26(28)38-18-7-6-17(11-19(18)39-26)32-22(35)12-20-23(31-14-40-20)30-13-15-8-9-29-21(10-15)33-25(37)34-24(36)16-4-2-1-3-5-16/h1-11,14,30H,12-13H2,(H,32,35)(H2,29,33,34,36,37). The molecule has 4 N–H and O–H groups in total. The van der Waals surface area contributed by atoms with Gasteiger partial charge in [-0.2, -0.15) is 0 Å². The number of carbonyl (C=O) groups is 3. The second kappa shape index (κ2) is 11.3. The van der Waals surface area contributed by atoms with Crippen LogP contribution in [0.3, 0.4) is 0 Å². The smallest absolute Gasteiger partial charge is 0.395 e. The maximum atomic E-state index is 13.2. The summed E-state index contributed by atoms with van der Waals surface area (Å²) in [5.74, 6) is -0.498. The van der Waals surface area contributed by atoms with Gasteiger partial charge in [0.2, 0.25) is 5.91 Å². The van der Waals surface area contributed by atoms with E-state index >= 15 is 0 Å². The zero-order valence-electron chi connectivity index (χ0n) is 20.4. The Labute approximate surface area is 229 Å². The number of imide groups is 1. The van der Waals surface area contributed by atoms with E-state index in [1.807, 2.05) is 0 Å². The monoisotopic (exact) mass is 566 g/mol. The molecule has 40 heavy (non-hydrogen) atoms. The number of ether oxygens (including phenoxy) is 2. The van der Waals surface area contributed by atoms with Crippen molar-refractivity contribution in [2.75, 3.05) is 16.0 Å². The predicted molar refractivity (Wildman–Crippen MR) is 142 cm³/mol. The van der Waals surface area contributed by atoms with Crippen LogP contribution in [0.1, 0.15) is 20.8 Å². The van der Waals surface area contributed by atoms with Crippen molar-refractivity contribution in [3.05, 3.63) is 88.4 Å². The maximum absolute atomic E-state index is 13.2. The summed E-state index contributed by atoms with van der Waals surface area (Å²) < 4.78 is 35.2. The average molecular weight is 567 g/mol. The van der Waals surface area contributed by atoms with Gasteiger partial charge >= 0.3 is 12.3 Å². The van der Waals surface area contributed by atoms with Gasteiger partial charge in [-0.15, -0.1) is 20.1 Å². The van der Waals surface area contributed by atoms with Crippen molar-refractivity contribution in [3.63, 3.8) is 0 Å². The van der Waals surface area contributed by atoms with E-state index in [4.69, 9.17) is 0 Å². The number of nitrogens with zero attached hydrogens (tertiary/aromatic N) is 2. The van der Waals surface area contributed by atoms with E-state index in [0.29, 0.717) is 22.8 Å². The molecule has 14 heteroatoms. The Hall–Kier alpha value is -5.11. The van der Waals surface area contributed by atoms with Crippen LogP contribution < -0.4 is 30.7 Å². The number of halogens is 2. The second-order valence-electron chi connectivity index (χ2n) is 8.36. The van der Waals surface area contributed by atoms with Crippen molar-refractivity contribution >= 4 is 46.5 Å². The molecule has 3 heterocycles. The second-order valence-corrected chi connectivity index (χ2v) is 9.29. The number of hydrogen-bond acceptors (Lipinski definition) is 9. The third kappa shape index (κ3) is 6.66. The third-order valence-electron chi connectivity index (χ3n) is 5.44.